The number of amides is 1. The molecule has 0 saturated heterocycles. The van der Waals surface area contributed by atoms with Crippen LogP contribution in [0.4, 0.5) is 13.2 Å². The number of alkyl halides is 4. The minimum absolute atomic E-state index is 0.0158. The van der Waals surface area contributed by atoms with E-state index in [1.54, 1.807) is 6.92 Å². The van der Waals surface area contributed by atoms with E-state index in [-0.39, 0.29) is 28.9 Å². The molecular weight excluding hydrogens is 377 g/mol. The average molecular weight is 395 g/mol. The van der Waals surface area contributed by atoms with E-state index >= 15 is 0 Å². The Morgan fingerprint density at radius 3 is 2.28 bits per heavy atom. The number of primary amides is 1. The van der Waals surface area contributed by atoms with Crippen LogP contribution in [0.2, 0.25) is 0 Å². The molecule has 0 atom stereocenters. The Bertz CT molecular complexity index is 830. The van der Waals surface area contributed by atoms with Gasteiger partial charge < -0.3 is 11.5 Å². The summed E-state index contributed by atoms with van der Waals surface area (Å²) in [4.78, 5) is 19.0. The number of halogens is 4. The van der Waals surface area contributed by atoms with Crippen molar-refractivity contribution in [3.8, 4) is 0 Å². The number of nitrogens with zero attached hydrogens (tertiary/aromatic N) is 2. The Labute approximate surface area is 151 Å². The smallest absolute Gasteiger partial charge is 0.401 e. The van der Waals surface area contributed by atoms with Crippen molar-refractivity contribution in [3.05, 3.63) is 27.5 Å². The van der Waals surface area contributed by atoms with Crippen LogP contribution in [-0.2, 0) is 17.4 Å². The van der Waals surface area contributed by atoms with Crippen molar-refractivity contribution in [2.24, 2.45) is 11.5 Å². The number of thiazole rings is 1. The summed E-state index contributed by atoms with van der Waals surface area (Å²) in [6, 6.07) is 0. The summed E-state index contributed by atoms with van der Waals surface area (Å²) in [6.45, 7) is 5.67. The summed E-state index contributed by atoms with van der Waals surface area (Å²) in [5.74, 6) is -0.987. The molecule has 2 aromatic rings. The third kappa shape index (κ3) is 3.87. The summed E-state index contributed by atoms with van der Waals surface area (Å²) >= 11 is 5.86. The normalized spacial score (nSPS) is 13.0. The van der Waals surface area contributed by atoms with Gasteiger partial charge in [0, 0.05) is 24.1 Å². The van der Waals surface area contributed by atoms with Crippen LogP contribution in [0.25, 0.3) is 15.9 Å². The monoisotopic (exact) mass is 394 g/mol. The van der Waals surface area contributed by atoms with Crippen LogP contribution in [0, 0.1) is 6.92 Å². The van der Waals surface area contributed by atoms with Gasteiger partial charge in [0.2, 0.25) is 0 Å². The quantitative estimate of drug-likeness (QED) is 0.722. The van der Waals surface area contributed by atoms with Crippen molar-refractivity contribution in [2.45, 2.75) is 33.4 Å². The van der Waals surface area contributed by atoms with E-state index in [1.807, 2.05) is 13.8 Å². The lowest BCUT2D eigenvalue weighted by Crippen LogP contribution is -2.19. The van der Waals surface area contributed by atoms with Crippen LogP contribution in [0.1, 0.15) is 35.7 Å². The van der Waals surface area contributed by atoms with E-state index in [9.17, 15) is 18.0 Å². The lowest BCUT2D eigenvalue weighted by molar-refractivity contribution is -0.141. The Balaban J connectivity index is 0.000000730. The second-order valence-corrected chi connectivity index (χ2v) is 5.84. The number of aromatic nitrogens is 2. The number of fused-ring (bicyclic) bond motifs is 3. The molecule has 0 unspecified atom stereocenters. The average Bonchev–Trinajstić information content (AvgIpc) is 3.08. The number of aryl methyl sites for hydroxylation is 1. The fourth-order valence-corrected chi connectivity index (χ4v) is 3.38. The highest BCUT2D eigenvalue weighted by atomic mass is 35.5. The molecule has 0 bridgehead atoms. The minimum atomic E-state index is -4.72. The number of hydrogen-bond donors (Lipinski definition) is 2. The number of hydrogen-bond acceptors (Lipinski definition) is 5. The topological polar surface area (TPSA) is 94.9 Å². The van der Waals surface area contributed by atoms with E-state index in [4.69, 9.17) is 11.5 Å². The van der Waals surface area contributed by atoms with Crippen molar-refractivity contribution in [1.82, 2.24) is 9.97 Å². The number of carbonyl (C=O) groups is 1. The van der Waals surface area contributed by atoms with Crippen molar-refractivity contribution < 1.29 is 18.0 Å². The molecule has 0 radical (unpaired) electrons. The van der Waals surface area contributed by atoms with E-state index in [2.05, 4.69) is 21.6 Å². The molecule has 3 rings (SSSR count). The SMILES string of the molecule is CC.CCl.Cc1nc2nc(C(F)(F)F)c3c(c2s1)CC(N)=C3C(N)=O. The highest BCUT2D eigenvalue weighted by Gasteiger charge is 2.42. The van der Waals surface area contributed by atoms with E-state index in [1.165, 1.54) is 17.7 Å². The second-order valence-electron chi connectivity index (χ2n) is 4.64. The van der Waals surface area contributed by atoms with Gasteiger partial charge >= 0.3 is 6.18 Å². The van der Waals surface area contributed by atoms with Gasteiger partial charge in [-0.1, -0.05) is 13.8 Å². The number of allylic oxidation sites excluding steroid dienone is 1. The van der Waals surface area contributed by atoms with Crippen molar-refractivity contribution in [3.63, 3.8) is 0 Å². The molecule has 0 aromatic carbocycles. The first kappa shape index (κ1) is 21.2. The van der Waals surface area contributed by atoms with Crippen LogP contribution in [0.15, 0.2) is 5.70 Å². The Hall–Kier alpha value is -1.87. The Kier molecular flexibility index (Phi) is 6.78. The zero-order chi connectivity index (χ0) is 19.5. The molecule has 25 heavy (non-hydrogen) atoms. The van der Waals surface area contributed by atoms with Crippen LogP contribution >= 0.6 is 22.9 Å². The fraction of sp³-hybridized carbons (Fsp3) is 0.400. The van der Waals surface area contributed by atoms with Gasteiger partial charge in [0.1, 0.15) is 0 Å². The van der Waals surface area contributed by atoms with Crippen molar-refractivity contribution >= 4 is 44.8 Å². The van der Waals surface area contributed by atoms with E-state index in [0.717, 1.165) is 0 Å². The van der Waals surface area contributed by atoms with Crippen LogP contribution in [0.3, 0.4) is 0 Å². The van der Waals surface area contributed by atoms with E-state index < -0.39 is 17.8 Å². The van der Waals surface area contributed by atoms with Crippen LogP contribution in [0.5, 0.6) is 0 Å². The molecule has 5 nitrogen and oxygen atoms in total. The lowest BCUT2D eigenvalue weighted by Gasteiger charge is -2.12. The molecule has 2 heterocycles. The molecule has 4 N–H and O–H groups in total. The molecule has 10 heteroatoms. The van der Waals surface area contributed by atoms with Crippen molar-refractivity contribution in [1.29, 1.82) is 0 Å². The molecule has 0 spiro atoms. The summed E-state index contributed by atoms with van der Waals surface area (Å²) in [5, 5.41) is 0.588. The molecule has 0 fully saturated rings. The summed E-state index contributed by atoms with van der Waals surface area (Å²) in [6.07, 6.45) is -3.21. The number of rotatable bonds is 1. The van der Waals surface area contributed by atoms with Gasteiger partial charge in [0.25, 0.3) is 5.91 Å². The van der Waals surface area contributed by atoms with Gasteiger partial charge in [-0.3, -0.25) is 4.79 Å². The first-order chi connectivity index (χ1) is 11.7. The second kappa shape index (κ2) is 8.01. The standard InChI is InChI=1S/C12H9F3N4OS.C2H6.CH3Cl/c1-3-18-11-8(21-3)4-2-5(16)7(10(17)20)6(4)9(19-11)12(13,14)15;2*1-2/h2,16H2,1H3,(H2,17,20);1-2H3;1H3. The summed E-state index contributed by atoms with van der Waals surface area (Å²) in [5.41, 5.74) is 9.50. The predicted octanol–water partition coefficient (Wildman–Crippen LogP) is 3.61. The molecular formula is C15H18ClF3N4OS. The maximum absolute atomic E-state index is 13.2. The molecule has 1 aliphatic carbocycles. The van der Waals surface area contributed by atoms with Gasteiger partial charge in [-0.2, -0.15) is 13.2 Å². The lowest BCUT2D eigenvalue weighted by atomic mass is 10.0. The molecule has 0 aliphatic heterocycles. The number of carbonyl (C=O) groups excluding carboxylic acids is 1. The minimum Gasteiger partial charge on any atom is -0.401 e. The molecule has 1 aliphatic rings. The summed E-state index contributed by atoms with van der Waals surface area (Å²) in [7, 11) is 0. The third-order valence-electron chi connectivity index (χ3n) is 3.20. The molecule has 2 aromatic heterocycles. The maximum Gasteiger partial charge on any atom is 0.434 e. The van der Waals surface area contributed by atoms with Gasteiger partial charge in [0.05, 0.1) is 15.3 Å². The molecule has 138 valence electrons. The van der Waals surface area contributed by atoms with Gasteiger partial charge in [0.15, 0.2) is 11.3 Å². The summed E-state index contributed by atoms with van der Waals surface area (Å²) < 4.78 is 40.2. The first-order valence-electron chi connectivity index (χ1n) is 7.24. The van der Waals surface area contributed by atoms with Crippen molar-refractivity contribution in [2.75, 3.05) is 6.38 Å². The first-order valence-corrected chi connectivity index (χ1v) is 8.81. The largest absolute Gasteiger partial charge is 0.434 e. The highest BCUT2D eigenvalue weighted by molar-refractivity contribution is 7.18. The van der Waals surface area contributed by atoms with Gasteiger partial charge in [-0.25, -0.2) is 9.97 Å². The number of pyridine rings is 1. The molecule has 0 saturated carbocycles. The maximum atomic E-state index is 13.2. The Morgan fingerprint density at radius 1 is 1.24 bits per heavy atom. The van der Waals surface area contributed by atoms with Crippen LogP contribution < -0.4 is 11.5 Å². The highest BCUT2D eigenvalue weighted by Crippen LogP contribution is 2.43. The van der Waals surface area contributed by atoms with Gasteiger partial charge in [-0.05, 0) is 12.5 Å². The Morgan fingerprint density at radius 2 is 1.80 bits per heavy atom. The van der Waals surface area contributed by atoms with Gasteiger partial charge in [-0.15, -0.1) is 22.9 Å². The predicted molar refractivity (Wildman–Crippen MR) is 94.3 cm³/mol. The van der Waals surface area contributed by atoms with Crippen LogP contribution in [-0.4, -0.2) is 22.3 Å². The zero-order valence-electron chi connectivity index (χ0n) is 14.1. The molecule has 1 amide bonds. The number of nitrogens with two attached hydrogens (primary N) is 2. The third-order valence-corrected chi connectivity index (χ3v) is 4.22. The fourth-order valence-electron chi connectivity index (χ4n) is 2.47. The van der Waals surface area contributed by atoms with E-state index in [0.29, 0.717) is 15.3 Å². The zero-order valence-corrected chi connectivity index (χ0v) is 15.7.